The largest absolute Gasteiger partial charge is 0.494 e. The van der Waals surface area contributed by atoms with Gasteiger partial charge in [0.15, 0.2) is 11.6 Å². The minimum absolute atomic E-state index is 0.0502. The summed E-state index contributed by atoms with van der Waals surface area (Å²) >= 11 is 0. The normalized spacial score (nSPS) is 19.0. The van der Waals surface area contributed by atoms with Crippen molar-refractivity contribution in [3.63, 3.8) is 0 Å². The van der Waals surface area contributed by atoms with Gasteiger partial charge in [0, 0.05) is 5.54 Å². The molecule has 1 aliphatic rings. The molecule has 1 aromatic carbocycles. The molecule has 1 aromatic rings. The maximum Gasteiger partial charge on any atom is 0.165 e. The molecule has 3 heteroatoms. The van der Waals surface area contributed by atoms with Crippen LogP contribution in [0.1, 0.15) is 37.7 Å². The van der Waals surface area contributed by atoms with Crippen LogP contribution in [-0.2, 0) is 5.54 Å². The molecule has 0 aromatic heterocycles. The van der Waals surface area contributed by atoms with Gasteiger partial charge >= 0.3 is 0 Å². The Morgan fingerprint density at radius 3 is 2.47 bits per heavy atom. The number of benzene rings is 1. The molecule has 1 aliphatic carbocycles. The first-order valence-electron chi connectivity index (χ1n) is 6.25. The van der Waals surface area contributed by atoms with E-state index >= 15 is 0 Å². The zero-order valence-corrected chi connectivity index (χ0v) is 10.6. The van der Waals surface area contributed by atoms with Crippen LogP contribution in [-0.4, -0.2) is 14.2 Å². The second kappa shape index (κ2) is 5.05. The fraction of sp³-hybridized carbons (Fsp3) is 0.571. The Morgan fingerprint density at radius 2 is 1.94 bits per heavy atom. The van der Waals surface area contributed by atoms with Crippen molar-refractivity contribution in [2.24, 2.45) is 0 Å². The van der Waals surface area contributed by atoms with E-state index in [4.69, 9.17) is 4.74 Å². The Bertz CT molecular complexity index is 386. The lowest BCUT2D eigenvalue weighted by molar-refractivity contribution is 0.249. The molecule has 0 spiro atoms. The summed E-state index contributed by atoms with van der Waals surface area (Å²) in [5, 5.41) is 3.39. The number of hydrogen-bond acceptors (Lipinski definition) is 2. The third-order valence-electron chi connectivity index (χ3n) is 3.89. The van der Waals surface area contributed by atoms with E-state index in [1.165, 1.54) is 26.4 Å². The van der Waals surface area contributed by atoms with E-state index in [1.54, 1.807) is 12.1 Å². The summed E-state index contributed by atoms with van der Waals surface area (Å²) in [7, 11) is 3.46. The van der Waals surface area contributed by atoms with Crippen LogP contribution in [0.25, 0.3) is 0 Å². The summed E-state index contributed by atoms with van der Waals surface area (Å²) < 4.78 is 18.7. The maximum absolute atomic E-state index is 13.8. The zero-order valence-electron chi connectivity index (χ0n) is 10.6. The molecule has 0 radical (unpaired) electrons. The van der Waals surface area contributed by atoms with E-state index in [0.29, 0.717) is 5.75 Å². The molecular weight excluding hydrogens is 217 g/mol. The van der Waals surface area contributed by atoms with Crippen molar-refractivity contribution >= 4 is 0 Å². The van der Waals surface area contributed by atoms with Crippen molar-refractivity contribution in [1.82, 2.24) is 5.32 Å². The molecular formula is C14H20FNO. The molecule has 0 atom stereocenters. The molecule has 1 fully saturated rings. The lowest BCUT2D eigenvalue weighted by Gasteiger charge is -2.37. The molecule has 2 rings (SSSR count). The second-order valence-corrected chi connectivity index (χ2v) is 4.74. The Balaban J connectivity index is 2.33. The summed E-state index contributed by atoms with van der Waals surface area (Å²) in [6, 6.07) is 5.31. The highest BCUT2D eigenvalue weighted by Gasteiger charge is 2.32. The smallest absolute Gasteiger partial charge is 0.165 e. The predicted octanol–water partition coefficient (Wildman–Crippen LogP) is 3.21. The summed E-state index contributed by atoms with van der Waals surface area (Å²) in [4.78, 5) is 0. The molecule has 0 unspecified atom stereocenters. The molecule has 0 heterocycles. The Hall–Kier alpha value is -1.09. The molecule has 94 valence electrons. The molecule has 0 aliphatic heterocycles. The van der Waals surface area contributed by atoms with E-state index < -0.39 is 0 Å². The number of halogens is 1. The minimum Gasteiger partial charge on any atom is -0.494 e. The van der Waals surface area contributed by atoms with Crippen LogP contribution in [0.3, 0.4) is 0 Å². The first-order chi connectivity index (χ1) is 8.22. The number of rotatable bonds is 3. The van der Waals surface area contributed by atoms with Gasteiger partial charge in [-0.05, 0) is 37.6 Å². The van der Waals surface area contributed by atoms with E-state index in [9.17, 15) is 4.39 Å². The van der Waals surface area contributed by atoms with Gasteiger partial charge in [-0.2, -0.15) is 0 Å². The number of hydrogen-bond donors (Lipinski definition) is 1. The highest BCUT2D eigenvalue weighted by molar-refractivity contribution is 5.33. The van der Waals surface area contributed by atoms with Crippen LogP contribution >= 0.6 is 0 Å². The van der Waals surface area contributed by atoms with E-state index in [-0.39, 0.29) is 11.4 Å². The van der Waals surface area contributed by atoms with Gasteiger partial charge in [0.05, 0.1) is 7.11 Å². The number of methoxy groups -OCH3 is 1. The fourth-order valence-electron chi connectivity index (χ4n) is 2.80. The van der Waals surface area contributed by atoms with Crippen molar-refractivity contribution in [3.05, 3.63) is 29.6 Å². The first kappa shape index (κ1) is 12.4. The van der Waals surface area contributed by atoms with Crippen molar-refractivity contribution < 1.29 is 9.13 Å². The van der Waals surface area contributed by atoms with E-state index in [0.717, 1.165) is 18.4 Å². The van der Waals surface area contributed by atoms with Gasteiger partial charge in [-0.3, -0.25) is 0 Å². The van der Waals surface area contributed by atoms with Gasteiger partial charge in [0.2, 0.25) is 0 Å². The molecule has 1 saturated carbocycles. The average Bonchev–Trinajstić information content (AvgIpc) is 2.39. The first-order valence-corrected chi connectivity index (χ1v) is 6.25. The topological polar surface area (TPSA) is 21.3 Å². The van der Waals surface area contributed by atoms with Gasteiger partial charge in [0.25, 0.3) is 0 Å². The lowest BCUT2D eigenvalue weighted by Crippen LogP contribution is -2.41. The third-order valence-corrected chi connectivity index (χ3v) is 3.89. The van der Waals surface area contributed by atoms with Crippen LogP contribution in [0.4, 0.5) is 4.39 Å². The number of ether oxygens (including phenoxy) is 1. The van der Waals surface area contributed by atoms with Gasteiger partial charge < -0.3 is 10.1 Å². The van der Waals surface area contributed by atoms with Gasteiger partial charge in [-0.25, -0.2) is 4.39 Å². The van der Waals surface area contributed by atoms with Crippen LogP contribution in [0, 0.1) is 5.82 Å². The van der Waals surface area contributed by atoms with Crippen LogP contribution in [0.5, 0.6) is 5.75 Å². The Labute approximate surface area is 102 Å². The standard InChI is InChI=1S/C14H20FNO/c1-16-14(8-4-3-5-9-14)11-6-7-13(17-2)12(15)10-11/h6-7,10,16H,3-5,8-9H2,1-2H3. The van der Waals surface area contributed by atoms with Gasteiger partial charge in [0.1, 0.15) is 0 Å². The van der Waals surface area contributed by atoms with Gasteiger partial charge in [-0.1, -0.05) is 25.3 Å². The average molecular weight is 237 g/mol. The summed E-state index contributed by atoms with van der Waals surface area (Å²) in [6.07, 6.45) is 5.84. The fourth-order valence-corrected chi connectivity index (χ4v) is 2.80. The third kappa shape index (κ3) is 2.29. The van der Waals surface area contributed by atoms with Crippen molar-refractivity contribution in [2.75, 3.05) is 14.2 Å². The van der Waals surface area contributed by atoms with Gasteiger partial charge in [-0.15, -0.1) is 0 Å². The van der Waals surface area contributed by atoms with Crippen molar-refractivity contribution in [3.8, 4) is 5.75 Å². The molecule has 2 nitrogen and oxygen atoms in total. The highest BCUT2D eigenvalue weighted by Crippen LogP contribution is 2.37. The summed E-state index contributed by atoms with van der Waals surface area (Å²) in [6.45, 7) is 0. The minimum atomic E-state index is -0.273. The predicted molar refractivity (Wildman–Crippen MR) is 66.8 cm³/mol. The molecule has 0 amide bonds. The molecule has 17 heavy (non-hydrogen) atoms. The molecule has 0 bridgehead atoms. The molecule has 0 saturated heterocycles. The Morgan fingerprint density at radius 1 is 1.24 bits per heavy atom. The van der Waals surface area contributed by atoms with Crippen LogP contribution < -0.4 is 10.1 Å². The van der Waals surface area contributed by atoms with Crippen LogP contribution in [0.15, 0.2) is 18.2 Å². The quantitative estimate of drug-likeness (QED) is 0.871. The summed E-state index contributed by atoms with van der Waals surface area (Å²) in [5.74, 6) is 0.0426. The van der Waals surface area contributed by atoms with Crippen LogP contribution in [0.2, 0.25) is 0 Å². The Kier molecular flexibility index (Phi) is 3.67. The maximum atomic E-state index is 13.8. The summed E-state index contributed by atoms with van der Waals surface area (Å²) in [5.41, 5.74) is 0.990. The number of nitrogens with one attached hydrogen (secondary N) is 1. The highest BCUT2D eigenvalue weighted by atomic mass is 19.1. The van der Waals surface area contributed by atoms with E-state index in [2.05, 4.69) is 5.32 Å². The second-order valence-electron chi connectivity index (χ2n) is 4.74. The lowest BCUT2D eigenvalue weighted by atomic mass is 9.76. The van der Waals surface area contributed by atoms with Crippen molar-refractivity contribution in [2.45, 2.75) is 37.6 Å². The zero-order chi connectivity index (χ0) is 12.3. The monoisotopic (exact) mass is 237 g/mol. The SMILES string of the molecule is CNC1(c2ccc(OC)c(F)c2)CCCCC1. The van der Waals surface area contributed by atoms with E-state index in [1.807, 2.05) is 13.1 Å². The van der Waals surface area contributed by atoms with Crippen molar-refractivity contribution in [1.29, 1.82) is 0 Å². The molecule has 1 N–H and O–H groups in total.